The third-order valence-electron chi connectivity index (χ3n) is 3.73. The van der Waals surface area contributed by atoms with Crippen molar-refractivity contribution in [3.05, 3.63) is 23.8 Å². The Morgan fingerprint density at radius 3 is 2.84 bits per heavy atom. The van der Waals surface area contributed by atoms with E-state index in [1.807, 2.05) is 6.92 Å². The van der Waals surface area contributed by atoms with E-state index in [-0.39, 0.29) is 17.6 Å². The molecule has 1 atom stereocenters. The Labute approximate surface area is 146 Å². The molecule has 0 saturated carbocycles. The second-order valence-corrected chi connectivity index (χ2v) is 5.57. The summed E-state index contributed by atoms with van der Waals surface area (Å²) in [6.07, 6.45) is 2.33. The van der Waals surface area contributed by atoms with Gasteiger partial charge in [-0.3, -0.25) is 0 Å². The van der Waals surface area contributed by atoms with E-state index in [4.69, 9.17) is 9.47 Å². The van der Waals surface area contributed by atoms with E-state index >= 15 is 0 Å². The fourth-order valence-electron chi connectivity index (χ4n) is 2.54. The predicted octanol–water partition coefficient (Wildman–Crippen LogP) is 2.53. The van der Waals surface area contributed by atoms with Crippen molar-refractivity contribution in [2.24, 2.45) is 4.99 Å². The van der Waals surface area contributed by atoms with Crippen molar-refractivity contribution in [3.8, 4) is 11.5 Å². The highest BCUT2D eigenvalue weighted by atomic mass is 19.3. The van der Waals surface area contributed by atoms with Crippen LogP contribution in [0.3, 0.4) is 0 Å². The van der Waals surface area contributed by atoms with Gasteiger partial charge in [0.1, 0.15) is 0 Å². The lowest BCUT2D eigenvalue weighted by Crippen LogP contribution is -2.41. The fraction of sp³-hybridized carbons (Fsp3) is 0.588. The van der Waals surface area contributed by atoms with Gasteiger partial charge in [0.25, 0.3) is 0 Å². The number of nitrogens with zero attached hydrogens (tertiary/aromatic N) is 1. The Morgan fingerprint density at radius 1 is 1.36 bits per heavy atom. The molecule has 1 aromatic rings. The maximum Gasteiger partial charge on any atom is 0.387 e. The summed E-state index contributed by atoms with van der Waals surface area (Å²) in [7, 11) is 1.41. The molecule has 25 heavy (non-hydrogen) atoms. The Balaban J connectivity index is 2.00. The van der Waals surface area contributed by atoms with Gasteiger partial charge in [-0.05, 0) is 37.5 Å². The SMILES string of the molecule is CCNC(=NCc1ccc(OC)c(OC(F)F)c1)NCC1CCCO1. The maximum absolute atomic E-state index is 12.5. The van der Waals surface area contributed by atoms with Gasteiger partial charge in [-0.1, -0.05) is 6.07 Å². The zero-order chi connectivity index (χ0) is 18.1. The lowest BCUT2D eigenvalue weighted by Gasteiger charge is -2.15. The number of methoxy groups -OCH3 is 1. The third kappa shape index (κ3) is 6.38. The Hall–Kier alpha value is -2.09. The average molecular weight is 357 g/mol. The van der Waals surface area contributed by atoms with Crippen molar-refractivity contribution in [2.45, 2.75) is 39.0 Å². The summed E-state index contributed by atoms with van der Waals surface area (Å²) in [4.78, 5) is 4.48. The molecule has 1 aromatic carbocycles. The van der Waals surface area contributed by atoms with E-state index in [2.05, 4.69) is 20.4 Å². The molecular formula is C17H25F2N3O3. The summed E-state index contributed by atoms with van der Waals surface area (Å²) in [5, 5.41) is 6.39. The van der Waals surface area contributed by atoms with Crippen LogP contribution >= 0.6 is 0 Å². The molecule has 1 aliphatic heterocycles. The molecule has 0 amide bonds. The van der Waals surface area contributed by atoms with Gasteiger partial charge in [0.05, 0.1) is 19.8 Å². The van der Waals surface area contributed by atoms with Crippen molar-refractivity contribution in [1.29, 1.82) is 0 Å². The van der Waals surface area contributed by atoms with Crippen LogP contribution in [-0.2, 0) is 11.3 Å². The molecule has 1 unspecified atom stereocenters. The maximum atomic E-state index is 12.5. The highest BCUT2D eigenvalue weighted by molar-refractivity contribution is 5.79. The summed E-state index contributed by atoms with van der Waals surface area (Å²) >= 11 is 0. The lowest BCUT2D eigenvalue weighted by atomic mass is 10.2. The number of hydrogen-bond donors (Lipinski definition) is 2. The number of aliphatic imine (C=N–C) groups is 1. The molecule has 0 spiro atoms. The minimum absolute atomic E-state index is 0.00233. The summed E-state index contributed by atoms with van der Waals surface area (Å²) < 4.78 is 40.1. The number of ether oxygens (including phenoxy) is 3. The molecule has 140 valence electrons. The first-order valence-corrected chi connectivity index (χ1v) is 8.38. The topological polar surface area (TPSA) is 64.1 Å². The zero-order valence-corrected chi connectivity index (χ0v) is 14.6. The summed E-state index contributed by atoms with van der Waals surface area (Å²) in [6, 6.07) is 4.87. The smallest absolute Gasteiger partial charge is 0.387 e. The number of nitrogens with one attached hydrogen (secondary N) is 2. The van der Waals surface area contributed by atoms with Crippen LogP contribution in [0.15, 0.2) is 23.2 Å². The van der Waals surface area contributed by atoms with Crippen molar-refractivity contribution >= 4 is 5.96 Å². The van der Waals surface area contributed by atoms with E-state index in [1.165, 1.54) is 13.2 Å². The summed E-state index contributed by atoms with van der Waals surface area (Å²) in [5.74, 6) is 0.920. The van der Waals surface area contributed by atoms with Crippen LogP contribution in [0.1, 0.15) is 25.3 Å². The minimum atomic E-state index is -2.90. The van der Waals surface area contributed by atoms with Crippen molar-refractivity contribution in [2.75, 3.05) is 26.8 Å². The Bertz CT molecular complexity index is 564. The van der Waals surface area contributed by atoms with Crippen LogP contribution in [0.5, 0.6) is 11.5 Å². The highest BCUT2D eigenvalue weighted by Crippen LogP contribution is 2.29. The first-order valence-electron chi connectivity index (χ1n) is 8.38. The van der Waals surface area contributed by atoms with E-state index in [0.29, 0.717) is 19.0 Å². The Kier molecular flexibility index (Phi) is 7.72. The largest absolute Gasteiger partial charge is 0.493 e. The van der Waals surface area contributed by atoms with Gasteiger partial charge in [-0.25, -0.2) is 4.99 Å². The van der Waals surface area contributed by atoms with Crippen molar-refractivity contribution in [1.82, 2.24) is 10.6 Å². The van der Waals surface area contributed by atoms with Crippen LogP contribution in [0.2, 0.25) is 0 Å². The van der Waals surface area contributed by atoms with Crippen LogP contribution in [-0.4, -0.2) is 45.5 Å². The number of halogens is 2. The first-order chi connectivity index (χ1) is 12.1. The third-order valence-corrected chi connectivity index (χ3v) is 3.73. The predicted molar refractivity (Wildman–Crippen MR) is 91.4 cm³/mol. The monoisotopic (exact) mass is 357 g/mol. The molecular weight excluding hydrogens is 332 g/mol. The highest BCUT2D eigenvalue weighted by Gasteiger charge is 2.15. The second kappa shape index (κ2) is 10.0. The lowest BCUT2D eigenvalue weighted by molar-refractivity contribution is -0.0512. The molecule has 0 aliphatic carbocycles. The molecule has 1 fully saturated rings. The van der Waals surface area contributed by atoms with Gasteiger partial charge in [0, 0.05) is 19.7 Å². The molecule has 8 heteroatoms. The van der Waals surface area contributed by atoms with Gasteiger partial charge in [0.15, 0.2) is 17.5 Å². The van der Waals surface area contributed by atoms with Gasteiger partial charge in [-0.2, -0.15) is 8.78 Å². The molecule has 1 saturated heterocycles. The van der Waals surface area contributed by atoms with E-state index in [0.717, 1.165) is 31.6 Å². The number of hydrogen-bond acceptors (Lipinski definition) is 4. The first kappa shape index (κ1) is 19.2. The van der Waals surface area contributed by atoms with Gasteiger partial charge in [0.2, 0.25) is 0 Å². The molecule has 1 heterocycles. The molecule has 2 rings (SSSR count). The number of guanidine groups is 1. The van der Waals surface area contributed by atoms with Crippen molar-refractivity contribution < 1.29 is 23.0 Å². The van der Waals surface area contributed by atoms with E-state index in [1.54, 1.807) is 12.1 Å². The van der Waals surface area contributed by atoms with Crippen LogP contribution in [0, 0.1) is 0 Å². The molecule has 0 radical (unpaired) electrons. The Morgan fingerprint density at radius 2 is 2.20 bits per heavy atom. The van der Waals surface area contributed by atoms with Gasteiger partial charge in [-0.15, -0.1) is 0 Å². The van der Waals surface area contributed by atoms with Crippen molar-refractivity contribution in [3.63, 3.8) is 0 Å². The van der Waals surface area contributed by atoms with Gasteiger partial charge >= 0.3 is 6.61 Å². The fourth-order valence-corrected chi connectivity index (χ4v) is 2.54. The normalized spacial score (nSPS) is 17.6. The van der Waals surface area contributed by atoms with E-state index in [9.17, 15) is 8.78 Å². The number of rotatable bonds is 8. The summed E-state index contributed by atoms with van der Waals surface area (Å²) in [5.41, 5.74) is 0.741. The molecule has 0 bridgehead atoms. The molecule has 2 N–H and O–H groups in total. The zero-order valence-electron chi connectivity index (χ0n) is 14.6. The van der Waals surface area contributed by atoms with Crippen LogP contribution < -0.4 is 20.1 Å². The molecule has 1 aliphatic rings. The average Bonchev–Trinajstić information content (AvgIpc) is 3.10. The second-order valence-electron chi connectivity index (χ2n) is 5.57. The molecule has 6 nitrogen and oxygen atoms in total. The van der Waals surface area contributed by atoms with Gasteiger partial charge < -0.3 is 24.8 Å². The van der Waals surface area contributed by atoms with Crippen LogP contribution in [0.25, 0.3) is 0 Å². The minimum Gasteiger partial charge on any atom is -0.493 e. The number of alkyl halides is 2. The number of benzene rings is 1. The quantitative estimate of drug-likeness (QED) is 0.553. The summed E-state index contributed by atoms with van der Waals surface area (Å²) in [6.45, 7) is 1.61. The van der Waals surface area contributed by atoms with Crippen LogP contribution in [0.4, 0.5) is 8.78 Å². The molecule has 0 aromatic heterocycles. The standard InChI is InChI=1S/C17H25F2N3O3/c1-3-20-17(22-11-13-5-4-8-24-13)21-10-12-6-7-14(23-2)15(9-12)25-16(18)19/h6-7,9,13,16H,3-5,8,10-11H2,1-2H3,(H2,20,21,22). The van der Waals surface area contributed by atoms with E-state index < -0.39 is 6.61 Å².